The Kier molecular flexibility index (Phi) is 6.07. The van der Waals surface area contributed by atoms with E-state index < -0.39 is 0 Å². The van der Waals surface area contributed by atoms with Crippen molar-refractivity contribution in [3.8, 4) is 5.75 Å². The molecule has 0 bridgehead atoms. The number of benzene rings is 1. The van der Waals surface area contributed by atoms with Crippen LogP contribution in [0.3, 0.4) is 0 Å². The third-order valence-electron chi connectivity index (χ3n) is 4.27. The summed E-state index contributed by atoms with van der Waals surface area (Å²) in [6, 6.07) is 9.54. The van der Waals surface area contributed by atoms with Gasteiger partial charge in [0.25, 0.3) is 0 Å². The van der Waals surface area contributed by atoms with Gasteiger partial charge in [0.05, 0.1) is 6.61 Å². The molecular weight excluding hydrogens is 260 g/mol. The number of hydrogen-bond donors (Lipinski definition) is 1. The van der Waals surface area contributed by atoms with Gasteiger partial charge in [-0.15, -0.1) is 0 Å². The fourth-order valence-corrected chi connectivity index (χ4v) is 3.08. The van der Waals surface area contributed by atoms with Crippen molar-refractivity contribution in [2.75, 3.05) is 26.2 Å². The second kappa shape index (κ2) is 7.81. The molecule has 1 aliphatic rings. The van der Waals surface area contributed by atoms with Gasteiger partial charge in [0.2, 0.25) is 0 Å². The Morgan fingerprint density at radius 1 is 1.38 bits per heavy atom. The molecule has 2 atom stereocenters. The molecule has 0 aliphatic carbocycles. The molecule has 2 unspecified atom stereocenters. The van der Waals surface area contributed by atoms with E-state index >= 15 is 0 Å². The van der Waals surface area contributed by atoms with Crippen molar-refractivity contribution in [3.05, 3.63) is 29.8 Å². The normalized spacial score (nSPS) is 23.5. The van der Waals surface area contributed by atoms with E-state index in [2.05, 4.69) is 56.1 Å². The molecule has 0 saturated carbocycles. The van der Waals surface area contributed by atoms with Crippen LogP contribution >= 0.6 is 0 Å². The highest BCUT2D eigenvalue weighted by Crippen LogP contribution is 2.16. The lowest BCUT2D eigenvalue weighted by Gasteiger charge is -2.41. The summed E-state index contributed by atoms with van der Waals surface area (Å²) < 4.78 is 5.86. The quantitative estimate of drug-likeness (QED) is 0.815. The van der Waals surface area contributed by atoms with Gasteiger partial charge in [-0.2, -0.15) is 0 Å². The van der Waals surface area contributed by atoms with Crippen molar-refractivity contribution in [2.24, 2.45) is 5.92 Å². The SMILES string of the molecule is Cc1cccc(OCCCN2CC(C)NCC2C(C)C)c1. The van der Waals surface area contributed by atoms with Crippen molar-refractivity contribution in [1.29, 1.82) is 0 Å². The lowest BCUT2D eigenvalue weighted by molar-refractivity contribution is 0.0962. The first kappa shape index (κ1) is 16.3. The summed E-state index contributed by atoms with van der Waals surface area (Å²) in [6.07, 6.45) is 1.09. The average molecular weight is 290 g/mol. The van der Waals surface area contributed by atoms with Crippen molar-refractivity contribution < 1.29 is 4.74 Å². The van der Waals surface area contributed by atoms with E-state index in [-0.39, 0.29) is 0 Å². The first-order valence-corrected chi connectivity index (χ1v) is 8.23. The van der Waals surface area contributed by atoms with Crippen LogP contribution in [0.15, 0.2) is 24.3 Å². The zero-order valence-electron chi connectivity index (χ0n) is 13.9. The van der Waals surface area contributed by atoms with Crippen LogP contribution < -0.4 is 10.1 Å². The largest absolute Gasteiger partial charge is 0.494 e. The zero-order chi connectivity index (χ0) is 15.2. The van der Waals surface area contributed by atoms with Crippen LogP contribution in [0.5, 0.6) is 5.75 Å². The van der Waals surface area contributed by atoms with Crippen LogP contribution in [-0.2, 0) is 0 Å². The van der Waals surface area contributed by atoms with E-state index in [1.54, 1.807) is 0 Å². The number of nitrogens with zero attached hydrogens (tertiary/aromatic N) is 1. The van der Waals surface area contributed by atoms with Crippen molar-refractivity contribution in [1.82, 2.24) is 10.2 Å². The molecule has 0 amide bonds. The number of aryl methyl sites for hydroxylation is 1. The number of ether oxygens (including phenoxy) is 1. The molecule has 21 heavy (non-hydrogen) atoms. The molecule has 1 fully saturated rings. The maximum Gasteiger partial charge on any atom is 0.119 e. The number of nitrogens with one attached hydrogen (secondary N) is 1. The fourth-order valence-electron chi connectivity index (χ4n) is 3.08. The first-order valence-electron chi connectivity index (χ1n) is 8.23. The van der Waals surface area contributed by atoms with Crippen LogP contribution in [0, 0.1) is 12.8 Å². The lowest BCUT2D eigenvalue weighted by atomic mass is 9.98. The first-order chi connectivity index (χ1) is 10.1. The monoisotopic (exact) mass is 290 g/mol. The molecule has 2 rings (SSSR count). The van der Waals surface area contributed by atoms with Gasteiger partial charge in [-0.3, -0.25) is 4.90 Å². The molecule has 0 spiro atoms. The molecule has 3 heteroatoms. The maximum atomic E-state index is 5.86. The van der Waals surface area contributed by atoms with E-state index in [4.69, 9.17) is 4.74 Å². The summed E-state index contributed by atoms with van der Waals surface area (Å²) in [4.78, 5) is 2.63. The van der Waals surface area contributed by atoms with E-state index in [0.29, 0.717) is 18.0 Å². The Balaban J connectivity index is 1.76. The minimum atomic E-state index is 0.595. The van der Waals surface area contributed by atoms with Crippen LogP contribution in [0.4, 0.5) is 0 Å². The van der Waals surface area contributed by atoms with Gasteiger partial charge in [0.15, 0.2) is 0 Å². The lowest BCUT2D eigenvalue weighted by Crippen LogP contribution is -2.57. The molecule has 1 aromatic carbocycles. The van der Waals surface area contributed by atoms with Gasteiger partial charge in [-0.25, -0.2) is 0 Å². The molecule has 0 radical (unpaired) electrons. The highest BCUT2D eigenvalue weighted by Gasteiger charge is 2.27. The number of hydrogen-bond acceptors (Lipinski definition) is 3. The molecule has 1 heterocycles. The molecule has 1 aliphatic heterocycles. The average Bonchev–Trinajstić information content (AvgIpc) is 2.43. The molecule has 1 aromatic rings. The topological polar surface area (TPSA) is 24.5 Å². The smallest absolute Gasteiger partial charge is 0.119 e. The van der Waals surface area contributed by atoms with E-state index in [0.717, 1.165) is 38.4 Å². The highest BCUT2D eigenvalue weighted by atomic mass is 16.5. The summed E-state index contributed by atoms with van der Waals surface area (Å²) in [7, 11) is 0. The molecule has 3 nitrogen and oxygen atoms in total. The van der Waals surface area contributed by atoms with Crippen LogP contribution in [0.1, 0.15) is 32.8 Å². The molecule has 1 N–H and O–H groups in total. The Labute approximate surface area is 129 Å². The Morgan fingerprint density at radius 2 is 2.19 bits per heavy atom. The predicted molar refractivity (Wildman–Crippen MR) is 89.0 cm³/mol. The van der Waals surface area contributed by atoms with Gasteiger partial charge in [-0.05, 0) is 43.9 Å². The van der Waals surface area contributed by atoms with Gasteiger partial charge in [-0.1, -0.05) is 26.0 Å². The third-order valence-corrected chi connectivity index (χ3v) is 4.27. The van der Waals surface area contributed by atoms with E-state index in [1.165, 1.54) is 5.56 Å². The zero-order valence-corrected chi connectivity index (χ0v) is 13.9. The summed E-state index contributed by atoms with van der Waals surface area (Å²) in [5, 5.41) is 3.59. The molecule has 0 aromatic heterocycles. The maximum absolute atomic E-state index is 5.86. The Hall–Kier alpha value is -1.06. The summed E-state index contributed by atoms with van der Waals surface area (Å²) in [6.45, 7) is 13.2. The fraction of sp³-hybridized carbons (Fsp3) is 0.667. The van der Waals surface area contributed by atoms with E-state index in [9.17, 15) is 0 Å². The number of piperazine rings is 1. The summed E-state index contributed by atoms with van der Waals surface area (Å²) in [5.74, 6) is 1.69. The van der Waals surface area contributed by atoms with Gasteiger partial charge >= 0.3 is 0 Å². The minimum absolute atomic E-state index is 0.595. The summed E-state index contributed by atoms with van der Waals surface area (Å²) in [5.41, 5.74) is 1.25. The van der Waals surface area contributed by atoms with Crippen molar-refractivity contribution in [2.45, 2.75) is 46.2 Å². The molecule has 118 valence electrons. The Morgan fingerprint density at radius 3 is 2.90 bits per heavy atom. The van der Waals surface area contributed by atoms with Gasteiger partial charge in [0.1, 0.15) is 5.75 Å². The van der Waals surface area contributed by atoms with Crippen LogP contribution in [-0.4, -0.2) is 43.2 Å². The van der Waals surface area contributed by atoms with Crippen LogP contribution in [0.2, 0.25) is 0 Å². The standard InChI is InChI=1S/C18H30N2O/c1-14(2)18-12-19-16(4)13-20(18)9-6-10-21-17-8-5-7-15(3)11-17/h5,7-8,11,14,16,18-19H,6,9-10,12-13H2,1-4H3. The molecular formula is C18H30N2O. The van der Waals surface area contributed by atoms with Gasteiger partial charge in [0, 0.05) is 31.7 Å². The van der Waals surface area contributed by atoms with Crippen molar-refractivity contribution in [3.63, 3.8) is 0 Å². The van der Waals surface area contributed by atoms with Crippen LogP contribution in [0.25, 0.3) is 0 Å². The summed E-state index contributed by atoms with van der Waals surface area (Å²) >= 11 is 0. The Bertz CT molecular complexity index is 433. The van der Waals surface area contributed by atoms with Crippen molar-refractivity contribution >= 4 is 0 Å². The second-order valence-corrected chi connectivity index (χ2v) is 6.63. The minimum Gasteiger partial charge on any atom is -0.494 e. The highest BCUT2D eigenvalue weighted by molar-refractivity contribution is 5.27. The third kappa shape index (κ3) is 5.01. The molecule has 1 saturated heterocycles. The number of rotatable bonds is 6. The second-order valence-electron chi connectivity index (χ2n) is 6.63. The van der Waals surface area contributed by atoms with Gasteiger partial charge < -0.3 is 10.1 Å². The van der Waals surface area contributed by atoms with E-state index in [1.807, 2.05) is 6.07 Å². The predicted octanol–water partition coefficient (Wildman–Crippen LogP) is 3.08.